The van der Waals surface area contributed by atoms with Gasteiger partial charge in [-0.2, -0.15) is 0 Å². The Morgan fingerprint density at radius 3 is 2.63 bits per heavy atom. The molecular weight excluding hydrogens is 405 g/mol. The van der Waals surface area contributed by atoms with Gasteiger partial charge in [0.15, 0.2) is 11.0 Å². The molecule has 7 nitrogen and oxygen atoms in total. The van der Waals surface area contributed by atoms with Gasteiger partial charge in [-0.25, -0.2) is 4.39 Å². The van der Waals surface area contributed by atoms with Crippen LogP contribution in [0.15, 0.2) is 41.6 Å². The van der Waals surface area contributed by atoms with Gasteiger partial charge in [0.25, 0.3) is 0 Å². The molecule has 0 aliphatic rings. The van der Waals surface area contributed by atoms with Crippen molar-refractivity contribution < 1.29 is 14.0 Å². The van der Waals surface area contributed by atoms with Gasteiger partial charge in [0.2, 0.25) is 11.8 Å². The van der Waals surface area contributed by atoms with Crippen molar-refractivity contribution >= 4 is 29.3 Å². The molecule has 2 amide bonds. The normalized spacial score (nSPS) is 10.8. The zero-order valence-electron chi connectivity index (χ0n) is 16.9. The van der Waals surface area contributed by atoms with E-state index < -0.39 is 11.7 Å². The summed E-state index contributed by atoms with van der Waals surface area (Å²) in [4.78, 5) is 23.8. The molecular formula is C21H22FN5O2S. The number of carbonyl (C=O) groups excluding carboxylic acids is 2. The highest BCUT2D eigenvalue weighted by Crippen LogP contribution is 2.25. The molecule has 0 spiro atoms. The average molecular weight is 428 g/mol. The monoisotopic (exact) mass is 427 g/mol. The molecule has 0 fully saturated rings. The number of carbonyl (C=O) groups is 2. The largest absolute Gasteiger partial charge is 0.366 e. The number of amides is 2. The summed E-state index contributed by atoms with van der Waals surface area (Å²) in [6.07, 6.45) is 0. The van der Waals surface area contributed by atoms with Crippen LogP contribution < -0.4 is 11.1 Å². The van der Waals surface area contributed by atoms with Crippen molar-refractivity contribution in [1.29, 1.82) is 0 Å². The fourth-order valence-corrected chi connectivity index (χ4v) is 3.75. The highest BCUT2D eigenvalue weighted by molar-refractivity contribution is 7.99. The van der Waals surface area contributed by atoms with Crippen molar-refractivity contribution in [2.45, 2.75) is 32.5 Å². The first-order valence-corrected chi connectivity index (χ1v) is 10.3. The quantitative estimate of drug-likeness (QED) is 0.561. The van der Waals surface area contributed by atoms with Crippen LogP contribution in [0.4, 0.5) is 10.1 Å². The predicted octanol–water partition coefficient (Wildman–Crippen LogP) is 3.55. The fourth-order valence-electron chi connectivity index (χ4n) is 2.95. The summed E-state index contributed by atoms with van der Waals surface area (Å²) in [6.45, 7) is 6.15. The van der Waals surface area contributed by atoms with Crippen LogP contribution >= 0.6 is 11.8 Å². The molecule has 30 heavy (non-hydrogen) atoms. The molecule has 0 unspecified atom stereocenters. The number of benzene rings is 2. The lowest BCUT2D eigenvalue weighted by Gasteiger charge is -2.11. The Kier molecular flexibility index (Phi) is 6.51. The maximum Gasteiger partial charge on any atom is 0.248 e. The molecule has 3 N–H and O–H groups in total. The number of hydrogen-bond donors (Lipinski definition) is 2. The molecule has 3 rings (SSSR count). The summed E-state index contributed by atoms with van der Waals surface area (Å²) in [6, 6.07) is 10.4. The van der Waals surface area contributed by atoms with Gasteiger partial charge in [-0.15, -0.1) is 10.2 Å². The Labute approximate surface area is 177 Å². The van der Waals surface area contributed by atoms with Crippen LogP contribution in [0.2, 0.25) is 0 Å². The Morgan fingerprint density at radius 2 is 1.97 bits per heavy atom. The Morgan fingerprint density at radius 1 is 1.20 bits per heavy atom. The average Bonchev–Trinajstić information content (AvgIpc) is 3.12. The van der Waals surface area contributed by atoms with E-state index in [1.54, 1.807) is 0 Å². The van der Waals surface area contributed by atoms with Gasteiger partial charge in [-0.3, -0.25) is 9.59 Å². The minimum absolute atomic E-state index is 0.00502. The first-order valence-electron chi connectivity index (χ1n) is 9.33. The molecule has 0 atom stereocenters. The first-order chi connectivity index (χ1) is 14.3. The minimum Gasteiger partial charge on any atom is -0.366 e. The molecule has 0 saturated carbocycles. The number of aryl methyl sites for hydroxylation is 1. The number of rotatable bonds is 7. The number of anilines is 1. The highest BCUT2D eigenvalue weighted by atomic mass is 32.2. The van der Waals surface area contributed by atoms with Crippen LogP contribution in [0.5, 0.6) is 0 Å². The number of hydrogen-bond acceptors (Lipinski definition) is 5. The Hall–Kier alpha value is -3.20. The van der Waals surface area contributed by atoms with Gasteiger partial charge in [-0.05, 0) is 39.0 Å². The van der Waals surface area contributed by atoms with Crippen LogP contribution in [0.3, 0.4) is 0 Å². The van der Waals surface area contributed by atoms with Gasteiger partial charge in [0.1, 0.15) is 5.82 Å². The third kappa shape index (κ3) is 4.68. The second-order valence-corrected chi connectivity index (χ2v) is 7.69. The van der Waals surface area contributed by atoms with Crippen molar-refractivity contribution in [2.75, 3.05) is 11.1 Å². The van der Waals surface area contributed by atoms with Crippen LogP contribution in [0.25, 0.3) is 11.4 Å². The van der Waals surface area contributed by atoms with E-state index in [1.807, 2.05) is 42.7 Å². The number of nitrogens with two attached hydrogens (primary N) is 1. The Balaban J connectivity index is 1.74. The molecule has 3 aromatic rings. The first kappa shape index (κ1) is 21.5. The predicted molar refractivity (Wildman–Crippen MR) is 115 cm³/mol. The van der Waals surface area contributed by atoms with Gasteiger partial charge in [0.05, 0.1) is 5.75 Å². The minimum atomic E-state index is -0.765. The number of primary amides is 1. The molecule has 1 heterocycles. The number of thioether (sulfide) groups is 1. The number of nitrogens with one attached hydrogen (secondary N) is 1. The van der Waals surface area contributed by atoms with Gasteiger partial charge in [0, 0.05) is 28.9 Å². The lowest BCUT2D eigenvalue weighted by atomic mass is 10.1. The SMILES string of the molecule is CCn1c(SCC(=O)Nc2cc(C(N)=O)cc(F)c2C)nnc1-c1cccc(C)c1. The molecule has 156 valence electrons. The summed E-state index contributed by atoms with van der Waals surface area (Å²) < 4.78 is 15.9. The van der Waals surface area contributed by atoms with E-state index in [0.29, 0.717) is 11.7 Å². The zero-order valence-corrected chi connectivity index (χ0v) is 17.7. The van der Waals surface area contributed by atoms with Crippen LogP contribution in [-0.2, 0) is 11.3 Å². The maximum atomic E-state index is 14.0. The summed E-state index contributed by atoms with van der Waals surface area (Å²) in [7, 11) is 0. The zero-order chi connectivity index (χ0) is 21.8. The van der Waals surface area contributed by atoms with Crippen LogP contribution in [-0.4, -0.2) is 32.3 Å². The fraction of sp³-hybridized carbons (Fsp3) is 0.238. The van der Waals surface area contributed by atoms with E-state index in [-0.39, 0.29) is 28.5 Å². The van der Waals surface area contributed by atoms with Gasteiger partial charge < -0.3 is 15.6 Å². The lowest BCUT2D eigenvalue weighted by molar-refractivity contribution is -0.113. The van der Waals surface area contributed by atoms with Crippen molar-refractivity contribution in [3.63, 3.8) is 0 Å². The van der Waals surface area contributed by atoms with Crippen LogP contribution in [0, 0.1) is 19.7 Å². The molecule has 1 aromatic heterocycles. The van der Waals surface area contributed by atoms with Crippen molar-refractivity contribution in [1.82, 2.24) is 14.8 Å². The third-order valence-corrected chi connectivity index (χ3v) is 5.51. The molecule has 0 saturated heterocycles. The van der Waals surface area contributed by atoms with Gasteiger partial charge in [-0.1, -0.05) is 35.5 Å². The van der Waals surface area contributed by atoms with Crippen LogP contribution in [0.1, 0.15) is 28.4 Å². The lowest BCUT2D eigenvalue weighted by Crippen LogP contribution is -2.18. The smallest absolute Gasteiger partial charge is 0.248 e. The summed E-state index contributed by atoms with van der Waals surface area (Å²) in [5, 5.41) is 11.7. The van der Waals surface area contributed by atoms with E-state index >= 15 is 0 Å². The second-order valence-electron chi connectivity index (χ2n) is 6.75. The second kappa shape index (κ2) is 9.08. The summed E-state index contributed by atoms with van der Waals surface area (Å²) >= 11 is 1.23. The van der Waals surface area contributed by atoms with Crippen molar-refractivity contribution in [3.8, 4) is 11.4 Å². The molecule has 0 radical (unpaired) electrons. The number of aromatic nitrogens is 3. The maximum absolute atomic E-state index is 14.0. The highest BCUT2D eigenvalue weighted by Gasteiger charge is 2.16. The molecule has 0 bridgehead atoms. The third-order valence-electron chi connectivity index (χ3n) is 4.54. The number of halogens is 1. The summed E-state index contributed by atoms with van der Waals surface area (Å²) in [5.41, 5.74) is 7.73. The van der Waals surface area contributed by atoms with E-state index in [0.717, 1.165) is 23.0 Å². The number of nitrogens with zero attached hydrogens (tertiary/aromatic N) is 3. The van der Waals surface area contributed by atoms with E-state index in [1.165, 1.54) is 24.8 Å². The van der Waals surface area contributed by atoms with Crippen molar-refractivity contribution in [2.24, 2.45) is 5.73 Å². The summed E-state index contributed by atoms with van der Waals surface area (Å²) in [5.74, 6) is -0.947. The van der Waals surface area contributed by atoms with E-state index in [2.05, 4.69) is 15.5 Å². The molecule has 0 aliphatic carbocycles. The van der Waals surface area contributed by atoms with E-state index in [9.17, 15) is 14.0 Å². The Bertz CT molecular complexity index is 1110. The molecule has 2 aromatic carbocycles. The molecule has 9 heteroatoms. The standard InChI is InChI=1S/C21H22FN5O2S/c1-4-27-20(14-7-5-6-12(2)8-14)25-26-21(27)30-11-18(28)24-17-10-15(19(23)29)9-16(22)13(17)3/h5-10H,4,11H2,1-3H3,(H2,23,29)(H,24,28). The molecule has 0 aliphatic heterocycles. The topological polar surface area (TPSA) is 103 Å². The van der Waals surface area contributed by atoms with E-state index in [4.69, 9.17) is 5.73 Å². The van der Waals surface area contributed by atoms with Gasteiger partial charge >= 0.3 is 0 Å². The van der Waals surface area contributed by atoms with Crippen molar-refractivity contribution in [3.05, 3.63) is 58.9 Å².